The number of halogens is 3. The van der Waals surface area contributed by atoms with E-state index in [2.05, 4.69) is 14.2 Å². The van der Waals surface area contributed by atoms with Gasteiger partial charge in [-0.3, -0.25) is 20.2 Å². The molecule has 166 valence electrons. The molecule has 11 nitrogen and oxygen atoms in total. The number of carbonyl (C=O) groups is 2. The molecule has 14 heteroatoms. The van der Waals surface area contributed by atoms with Crippen LogP contribution in [0.5, 0.6) is 5.75 Å². The van der Waals surface area contributed by atoms with Crippen molar-refractivity contribution >= 4 is 23.3 Å². The number of rotatable bonds is 5. The number of nitro benzene ring substituents is 2. The molecule has 2 aromatic rings. The molecule has 31 heavy (non-hydrogen) atoms. The van der Waals surface area contributed by atoms with Crippen LogP contribution in [0.15, 0.2) is 24.3 Å². The maximum absolute atomic E-state index is 13.3. The van der Waals surface area contributed by atoms with Gasteiger partial charge in [0.2, 0.25) is 5.82 Å². The summed E-state index contributed by atoms with van der Waals surface area (Å²) in [7, 11) is 3.25. The van der Waals surface area contributed by atoms with Crippen molar-refractivity contribution in [1.82, 2.24) is 0 Å². The standard InChI is InChI=1S/C9H8FNO5.C8H5F2NO4/c1-15-8-3-5(9(12)16-2)6(10)4-7(8)11(13)14;1-15-8(12)4-2-6(10)7(11(13)14)3-5(4)9/h3-4H,1-2H3;2-3H,1H3. The first kappa shape index (κ1) is 24.8. The van der Waals surface area contributed by atoms with Gasteiger partial charge in [-0.05, 0) is 6.07 Å². The second-order valence-electron chi connectivity index (χ2n) is 5.28. The van der Waals surface area contributed by atoms with Crippen molar-refractivity contribution in [3.63, 3.8) is 0 Å². The molecular weight excluding hydrogens is 433 g/mol. The van der Waals surface area contributed by atoms with Gasteiger partial charge in [-0.15, -0.1) is 0 Å². The summed E-state index contributed by atoms with van der Waals surface area (Å²) in [5, 5.41) is 20.7. The minimum atomic E-state index is -1.29. The van der Waals surface area contributed by atoms with E-state index < -0.39 is 61.7 Å². The van der Waals surface area contributed by atoms with Crippen LogP contribution in [0.2, 0.25) is 0 Å². The Labute approximate surface area is 171 Å². The number of ether oxygens (including phenoxy) is 3. The maximum Gasteiger partial charge on any atom is 0.340 e. The van der Waals surface area contributed by atoms with E-state index in [0.717, 1.165) is 20.3 Å². The molecule has 0 aromatic heterocycles. The Bertz CT molecular complexity index is 1040. The van der Waals surface area contributed by atoms with Crippen LogP contribution in [0.4, 0.5) is 24.5 Å². The highest BCUT2D eigenvalue weighted by molar-refractivity contribution is 5.91. The van der Waals surface area contributed by atoms with Gasteiger partial charge in [-0.25, -0.2) is 18.4 Å². The number of methoxy groups -OCH3 is 3. The molecule has 0 bridgehead atoms. The first-order valence-electron chi connectivity index (χ1n) is 7.80. The van der Waals surface area contributed by atoms with Crippen LogP contribution in [0.3, 0.4) is 0 Å². The number of benzene rings is 2. The van der Waals surface area contributed by atoms with E-state index >= 15 is 0 Å². The second kappa shape index (κ2) is 10.5. The number of hydrogen-bond donors (Lipinski definition) is 0. The van der Waals surface area contributed by atoms with Crippen LogP contribution in [-0.2, 0) is 9.47 Å². The van der Waals surface area contributed by atoms with Gasteiger partial charge in [0.05, 0.1) is 54.4 Å². The molecule has 0 aliphatic heterocycles. The lowest BCUT2D eigenvalue weighted by molar-refractivity contribution is -0.387. The molecule has 0 spiro atoms. The van der Waals surface area contributed by atoms with Crippen molar-refractivity contribution in [2.24, 2.45) is 0 Å². The second-order valence-corrected chi connectivity index (χ2v) is 5.28. The van der Waals surface area contributed by atoms with Gasteiger partial charge in [0.1, 0.15) is 11.6 Å². The van der Waals surface area contributed by atoms with Crippen LogP contribution in [0, 0.1) is 37.7 Å². The van der Waals surface area contributed by atoms with Crippen LogP contribution in [0.1, 0.15) is 20.7 Å². The molecule has 0 aliphatic rings. The number of nitrogens with zero attached hydrogens (tertiary/aromatic N) is 2. The first-order valence-corrected chi connectivity index (χ1v) is 7.80. The zero-order valence-electron chi connectivity index (χ0n) is 16.0. The summed E-state index contributed by atoms with van der Waals surface area (Å²) in [5.74, 6) is -5.74. The quantitative estimate of drug-likeness (QED) is 0.383. The minimum Gasteiger partial charge on any atom is -0.490 e. The maximum atomic E-state index is 13.3. The Morgan fingerprint density at radius 2 is 1.16 bits per heavy atom. The molecule has 0 atom stereocenters. The minimum absolute atomic E-state index is 0.202. The van der Waals surface area contributed by atoms with Crippen molar-refractivity contribution in [3.05, 3.63) is 73.1 Å². The van der Waals surface area contributed by atoms with Gasteiger partial charge in [0, 0.05) is 6.07 Å². The summed E-state index contributed by atoms with van der Waals surface area (Å²) in [6.45, 7) is 0. The molecule has 0 amide bonds. The van der Waals surface area contributed by atoms with E-state index in [4.69, 9.17) is 0 Å². The summed E-state index contributed by atoms with van der Waals surface area (Å²) < 4.78 is 52.5. The van der Waals surface area contributed by atoms with E-state index in [0.29, 0.717) is 18.2 Å². The first-order chi connectivity index (χ1) is 14.5. The van der Waals surface area contributed by atoms with Gasteiger partial charge < -0.3 is 14.2 Å². The molecule has 0 saturated carbocycles. The largest absolute Gasteiger partial charge is 0.490 e. The average molecular weight is 446 g/mol. The van der Waals surface area contributed by atoms with Crippen molar-refractivity contribution in [1.29, 1.82) is 0 Å². The summed E-state index contributed by atoms with van der Waals surface area (Å²) in [4.78, 5) is 40.8. The van der Waals surface area contributed by atoms with E-state index in [1.165, 1.54) is 7.11 Å². The molecular formula is C17H13F3N2O9. The average Bonchev–Trinajstić information content (AvgIpc) is 2.73. The Morgan fingerprint density at radius 1 is 0.742 bits per heavy atom. The molecule has 0 unspecified atom stereocenters. The van der Waals surface area contributed by atoms with Crippen LogP contribution < -0.4 is 4.74 Å². The molecule has 0 aliphatic carbocycles. The van der Waals surface area contributed by atoms with Crippen molar-refractivity contribution in [3.8, 4) is 5.75 Å². The highest BCUT2D eigenvalue weighted by Gasteiger charge is 2.23. The van der Waals surface area contributed by atoms with E-state index in [-0.39, 0.29) is 5.75 Å². The summed E-state index contributed by atoms with van der Waals surface area (Å²) in [5.41, 5.74) is -2.67. The molecule has 2 aromatic carbocycles. The van der Waals surface area contributed by atoms with Gasteiger partial charge >= 0.3 is 23.3 Å². The van der Waals surface area contributed by atoms with E-state index in [1.807, 2.05) is 0 Å². The van der Waals surface area contributed by atoms with Crippen molar-refractivity contribution in [2.45, 2.75) is 0 Å². The fraction of sp³-hybridized carbons (Fsp3) is 0.176. The summed E-state index contributed by atoms with van der Waals surface area (Å²) in [6.07, 6.45) is 0. The van der Waals surface area contributed by atoms with Gasteiger partial charge in [-0.2, -0.15) is 4.39 Å². The third-order valence-electron chi connectivity index (χ3n) is 3.51. The lowest BCUT2D eigenvalue weighted by Crippen LogP contribution is -2.06. The lowest BCUT2D eigenvalue weighted by Gasteiger charge is -2.05. The summed E-state index contributed by atoms with van der Waals surface area (Å²) in [6, 6.07) is 2.31. The summed E-state index contributed by atoms with van der Waals surface area (Å²) >= 11 is 0. The fourth-order valence-electron chi connectivity index (χ4n) is 2.06. The van der Waals surface area contributed by atoms with E-state index in [9.17, 15) is 43.0 Å². The monoisotopic (exact) mass is 446 g/mol. The van der Waals surface area contributed by atoms with Crippen LogP contribution >= 0.6 is 0 Å². The zero-order valence-corrected chi connectivity index (χ0v) is 16.0. The zero-order chi connectivity index (χ0) is 23.9. The van der Waals surface area contributed by atoms with Crippen LogP contribution in [0.25, 0.3) is 0 Å². The number of hydrogen-bond acceptors (Lipinski definition) is 9. The highest BCUT2D eigenvalue weighted by atomic mass is 19.1. The van der Waals surface area contributed by atoms with Gasteiger partial charge in [0.15, 0.2) is 5.75 Å². The van der Waals surface area contributed by atoms with Gasteiger partial charge in [0.25, 0.3) is 0 Å². The smallest absolute Gasteiger partial charge is 0.340 e. The third-order valence-corrected chi connectivity index (χ3v) is 3.51. The Kier molecular flexibility index (Phi) is 8.42. The number of nitro groups is 2. The van der Waals surface area contributed by atoms with Crippen molar-refractivity contribution in [2.75, 3.05) is 21.3 Å². The fourth-order valence-corrected chi connectivity index (χ4v) is 2.06. The van der Waals surface area contributed by atoms with Gasteiger partial charge in [-0.1, -0.05) is 0 Å². The molecule has 0 N–H and O–H groups in total. The Morgan fingerprint density at radius 3 is 1.55 bits per heavy atom. The Hall–Kier alpha value is -4.23. The normalized spacial score (nSPS) is 9.74. The van der Waals surface area contributed by atoms with Crippen LogP contribution in [-0.4, -0.2) is 43.1 Å². The topological polar surface area (TPSA) is 148 Å². The van der Waals surface area contributed by atoms with E-state index in [1.54, 1.807) is 0 Å². The molecule has 0 radical (unpaired) electrons. The Balaban J connectivity index is 0.000000311. The van der Waals surface area contributed by atoms with Crippen molar-refractivity contribution < 1.29 is 46.8 Å². The number of carbonyl (C=O) groups excluding carboxylic acids is 2. The predicted molar refractivity (Wildman–Crippen MR) is 95.3 cm³/mol. The predicted octanol–water partition coefficient (Wildman–Crippen LogP) is 3.19. The lowest BCUT2D eigenvalue weighted by atomic mass is 10.2. The highest BCUT2D eigenvalue weighted by Crippen LogP contribution is 2.30. The number of esters is 2. The SMILES string of the molecule is COC(=O)c1cc(F)c([N+](=O)[O-])cc1F.COC(=O)c1cc(OC)c([N+](=O)[O-])cc1F. The molecule has 0 heterocycles. The molecule has 2 rings (SSSR count). The molecule has 0 fully saturated rings. The molecule has 0 saturated heterocycles. The third kappa shape index (κ3) is 5.88.